The van der Waals surface area contributed by atoms with Crippen molar-refractivity contribution >= 4 is 14.5 Å². The first kappa shape index (κ1) is 17.3. The van der Waals surface area contributed by atoms with Gasteiger partial charge in [-0.2, -0.15) is 0 Å². The molecule has 0 saturated carbocycles. The lowest BCUT2D eigenvalue weighted by Crippen LogP contribution is -2.45. The van der Waals surface area contributed by atoms with Crippen molar-refractivity contribution in [3.05, 3.63) is 12.2 Å². The van der Waals surface area contributed by atoms with Crippen LogP contribution in [0.25, 0.3) is 0 Å². The third-order valence-corrected chi connectivity index (χ3v) is 6.49. The second kappa shape index (κ2) is 8.45. The highest BCUT2D eigenvalue weighted by Crippen LogP contribution is 2.23. The van der Waals surface area contributed by atoms with Crippen molar-refractivity contribution < 1.29 is 18.4 Å². The Bertz CT molecular complexity index is 272. The van der Waals surface area contributed by atoms with Crippen LogP contribution < -0.4 is 0 Å². The summed E-state index contributed by atoms with van der Waals surface area (Å²) in [6.45, 7) is 13.6. The van der Waals surface area contributed by atoms with Crippen LogP contribution in [-0.2, 0) is 18.4 Å². The van der Waals surface area contributed by atoms with Crippen molar-refractivity contribution in [1.29, 1.82) is 0 Å². The third-order valence-electron chi connectivity index (χ3n) is 2.58. The Morgan fingerprint density at radius 2 is 1.94 bits per heavy atom. The highest BCUT2D eigenvalue weighted by Gasteiger charge is 2.37. The van der Waals surface area contributed by atoms with Crippen LogP contribution in [0.15, 0.2) is 12.2 Å². The molecule has 0 aliphatic heterocycles. The van der Waals surface area contributed by atoms with Gasteiger partial charge in [0.1, 0.15) is 0 Å². The number of esters is 1. The first-order valence-corrected chi connectivity index (χ1v) is 8.82. The Morgan fingerprint density at radius 1 is 1.33 bits per heavy atom. The monoisotopic (exact) mass is 274 g/mol. The van der Waals surface area contributed by atoms with E-state index in [0.717, 1.165) is 18.5 Å². The van der Waals surface area contributed by atoms with Crippen molar-refractivity contribution in [1.82, 2.24) is 0 Å². The van der Waals surface area contributed by atoms with E-state index in [-0.39, 0.29) is 0 Å². The fourth-order valence-electron chi connectivity index (χ4n) is 1.75. The van der Waals surface area contributed by atoms with Crippen LogP contribution in [0.4, 0.5) is 0 Å². The SMILES string of the molecule is C=C(C)C(=O)OC(C)O[Si](CC)(CCC)OCC. The van der Waals surface area contributed by atoms with Crippen LogP contribution in [0.3, 0.4) is 0 Å². The predicted molar refractivity (Wildman–Crippen MR) is 74.4 cm³/mol. The van der Waals surface area contributed by atoms with Gasteiger partial charge in [0.25, 0.3) is 0 Å². The summed E-state index contributed by atoms with van der Waals surface area (Å²) in [6.07, 6.45) is 0.417. The summed E-state index contributed by atoms with van der Waals surface area (Å²) in [5.41, 5.74) is 0.376. The fraction of sp³-hybridized carbons (Fsp3) is 0.769. The van der Waals surface area contributed by atoms with Gasteiger partial charge >= 0.3 is 14.5 Å². The van der Waals surface area contributed by atoms with Crippen molar-refractivity contribution in [2.45, 2.75) is 59.4 Å². The maximum absolute atomic E-state index is 11.4. The molecule has 2 unspecified atom stereocenters. The number of ether oxygens (including phenoxy) is 1. The van der Waals surface area contributed by atoms with Gasteiger partial charge in [-0.3, -0.25) is 0 Å². The average molecular weight is 274 g/mol. The molecule has 2 atom stereocenters. The summed E-state index contributed by atoms with van der Waals surface area (Å²) in [7, 11) is -2.24. The van der Waals surface area contributed by atoms with Gasteiger partial charge in [0.2, 0.25) is 0 Å². The van der Waals surface area contributed by atoms with Crippen LogP contribution in [0.1, 0.15) is 41.0 Å². The Balaban J connectivity index is 4.55. The highest BCUT2D eigenvalue weighted by atomic mass is 28.4. The van der Waals surface area contributed by atoms with Crippen LogP contribution in [0.5, 0.6) is 0 Å². The molecule has 0 saturated heterocycles. The Labute approximate surface area is 112 Å². The van der Waals surface area contributed by atoms with Gasteiger partial charge in [0.15, 0.2) is 6.29 Å². The molecule has 0 radical (unpaired) electrons. The molecule has 5 heteroatoms. The predicted octanol–water partition coefficient (Wildman–Crippen LogP) is 3.38. The van der Waals surface area contributed by atoms with E-state index in [2.05, 4.69) is 20.4 Å². The van der Waals surface area contributed by atoms with Crippen LogP contribution in [0, 0.1) is 0 Å². The molecular weight excluding hydrogens is 248 g/mol. The maximum Gasteiger partial charge on any atom is 0.340 e. The van der Waals surface area contributed by atoms with Gasteiger partial charge in [-0.15, -0.1) is 0 Å². The number of hydrogen-bond acceptors (Lipinski definition) is 4. The van der Waals surface area contributed by atoms with Crippen LogP contribution >= 0.6 is 0 Å². The molecule has 0 amide bonds. The van der Waals surface area contributed by atoms with Crippen LogP contribution in [-0.4, -0.2) is 27.4 Å². The topological polar surface area (TPSA) is 44.8 Å². The van der Waals surface area contributed by atoms with Crippen molar-refractivity contribution in [2.75, 3.05) is 6.61 Å². The molecule has 0 aliphatic carbocycles. The normalized spacial score (nSPS) is 15.8. The van der Waals surface area contributed by atoms with Gasteiger partial charge in [-0.25, -0.2) is 4.79 Å². The van der Waals surface area contributed by atoms with E-state index in [1.54, 1.807) is 13.8 Å². The molecule has 0 aliphatic rings. The molecule has 4 nitrogen and oxygen atoms in total. The third kappa shape index (κ3) is 5.80. The number of carbonyl (C=O) groups excluding carboxylic acids is 1. The molecule has 0 rings (SSSR count). The van der Waals surface area contributed by atoms with Crippen molar-refractivity contribution in [3.63, 3.8) is 0 Å². The molecule has 0 aromatic rings. The van der Waals surface area contributed by atoms with E-state index in [0.29, 0.717) is 12.2 Å². The molecule has 0 heterocycles. The van der Waals surface area contributed by atoms with E-state index < -0.39 is 20.8 Å². The summed E-state index contributed by atoms with van der Waals surface area (Å²) in [5.74, 6) is -0.422. The van der Waals surface area contributed by atoms with E-state index in [1.807, 2.05) is 6.92 Å². The maximum atomic E-state index is 11.4. The largest absolute Gasteiger partial charge is 0.434 e. The second-order valence-electron chi connectivity index (χ2n) is 4.32. The molecule has 0 spiro atoms. The van der Waals surface area contributed by atoms with E-state index in [1.165, 1.54) is 0 Å². The number of carbonyl (C=O) groups is 1. The standard InChI is InChI=1S/C13H26O4Si/c1-7-10-18(9-3,15-8-2)17-12(6)16-13(14)11(4)5/h12H,4,7-10H2,1-3,5-6H3. The van der Waals surface area contributed by atoms with Crippen molar-refractivity contribution in [2.24, 2.45) is 0 Å². The molecule has 18 heavy (non-hydrogen) atoms. The lowest BCUT2D eigenvalue weighted by Gasteiger charge is -2.31. The minimum Gasteiger partial charge on any atom is -0.434 e. The van der Waals surface area contributed by atoms with E-state index in [9.17, 15) is 4.79 Å². The summed E-state index contributed by atoms with van der Waals surface area (Å²) >= 11 is 0. The van der Waals surface area contributed by atoms with Crippen molar-refractivity contribution in [3.8, 4) is 0 Å². The summed E-state index contributed by atoms with van der Waals surface area (Å²) in [5, 5.41) is 0. The molecule has 106 valence electrons. The number of rotatable bonds is 9. The Morgan fingerprint density at radius 3 is 2.33 bits per heavy atom. The zero-order valence-electron chi connectivity index (χ0n) is 12.2. The van der Waals surface area contributed by atoms with Gasteiger partial charge in [-0.1, -0.05) is 26.8 Å². The van der Waals surface area contributed by atoms with Gasteiger partial charge in [0.05, 0.1) is 0 Å². The molecule has 0 fully saturated rings. The lowest BCUT2D eigenvalue weighted by molar-refractivity contribution is -0.159. The minimum atomic E-state index is -2.24. The fourth-order valence-corrected chi connectivity index (χ4v) is 4.74. The lowest BCUT2D eigenvalue weighted by atomic mass is 10.4. The minimum absolute atomic E-state index is 0.376. The first-order chi connectivity index (χ1) is 8.40. The summed E-state index contributed by atoms with van der Waals surface area (Å²) < 4.78 is 16.9. The summed E-state index contributed by atoms with van der Waals surface area (Å²) in [6, 6.07) is 1.76. The zero-order valence-corrected chi connectivity index (χ0v) is 13.2. The Hall–Kier alpha value is -0.653. The van der Waals surface area contributed by atoms with Gasteiger partial charge in [-0.05, 0) is 32.9 Å². The van der Waals surface area contributed by atoms with Crippen LogP contribution in [0.2, 0.25) is 12.1 Å². The molecule has 0 aromatic carbocycles. The highest BCUT2D eigenvalue weighted by molar-refractivity contribution is 6.67. The van der Waals surface area contributed by atoms with E-state index in [4.69, 9.17) is 13.6 Å². The quantitative estimate of drug-likeness (QED) is 0.280. The molecular formula is C13H26O4Si. The second-order valence-corrected chi connectivity index (χ2v) is 7.87. The van der Waals surface area contributed by atoms with Gasteiger partial charge in [0, 0.05) is 12.2 Å². The summed E-state index contributed by atoms with van der Waals surface area (Å²) in [4.78, 5) is 11.4. The molecule has 0 bridgehead atoms. The molecule has 0 N–H and O–H groups in total. The smallest absolute Gasteiger partial charge is 0.340 e. The van der Waals surface area contributed by atoms with Gasteiger partial charge < -0.3 is 13.6 Å². The Kier molecular flexibility index (Phi) is 8.14. The number of hydrogen-bond donors (Lipinski definition) is 0. The zero-order chi connectivity index (χ0) is 14.2. The first-order valence-electron chi connectivity index (χ1n) is 6.59. The molecule has 0 aromatic heterocycles. The average Bonchev–Trinajstić information content (AvgIpc) is 2.29. The van der Waals surface area contributed by atoms with E-state index >= 15 is 0 Å².